The van der Waals surface area contributed by atoms with Gasteiger partial charge in [0.15, 0.2) is 28.7 Å². The van der Waals surface area contributed by atoms with E-state index in [9.17, 15) is 14.7 Å². The third kappa shape index (κ3) is 7.02. The summed E-state index contributed by atoms with van der Waals surface area (Å²) in [4.78, 5) is 25.1. The average Bonchev–Trinajstić information content (AvgIpc) is 3.53. The summed E-state index contributed by atoms with van der Waals surface area (Å²) in [7, 11) is 5.31. The van der Waals surface area contributed by atoms with E-state index in [2.05, 4.69) is 5.32 Å². The quantitative estimate of drug-likeness (QED) is 0.141. The Balaban J connectivity index is 1.37. The Labute approximate surface area is 211 Å². The van der Waals surface area contributed by atoms with E-state index in [4.69, 9.17) is 18.9 Å². The topological polar surface area (TPSA) is 103 Å². The predicted octanol–water partition coefficient (Wildman–Crippen LogP) is 5.40. The number of unbranched alkanes of at least 4 members (excludes halogenated alkanes) is 1. The predicted molar refractivity (Wildman–Crippen MR) is 137 cm³/mol. The monoisotopic (exact) mass is 517 g/mol. The Morgan fingerprint density at radius 1 is 1.17 bits per heavy atom. The molecule has 186 valence electrons. The van der Waals surface area contributed by atoms with E-state index in [-0.39, 0.29) is 24.3 Å². The number of phenols is 1. The molecule has 35 heavy (non-hydrogen) atoms. The summed E-state index contributed by atoms with van der Waals surface area (Å²) >= 11 is 0. The van der Waals surface area contributed by atoms with E-state index < -0.39 is 5.91 Å². The number of esters is 1. The highest BCUT2D eigenvalue weighted by atomic mass is 33.1. The van der Waals surface area contributed by atoms with Crippen molar-refractivity contribution in [2.75, 3.05) is 25.0 Å². The molecule has 0 aliphatic carbocycles. The standard InChI is InChI=1S/C25H27NO7S2/c1-30-21-12-16(6-8-19(21)27)7-9-24(28)26-18-13-22-23(32-15-31-22)14-20(18)33-25(29)5-3-2-4-17-10-11-34-35-17/h6-9,12-14,17,27H,2-5,10-11,15H2,1H3,(H,26,28). The van der Waals surface area contributed by atoms with Crippen LogP contribution in [0.3, 0.4) is 0 Å². The van der Waals surface area contributed by atoms with Gasteiger partial charge in [0, 0.05) is 35.6 Å². The SMILES string of the molecule is COc1cc(C=CC(=O)Nc2cc3c(cc2OC(=O)CCCCC2CCSS2)OCO3)ccc1O. The number of hydrogen-bond acceptors (Lipinski definition) is 9. The van der Waals surface area contributed by atoms with Crippen molar-refractivity contribution in [3.05, 3.63) is 42.0 Å². The van der Waals surface area contributed by atoms with E-state index in [1.807, 2.05) is 21.6 Å². The van der Waals surface area contributed by atoms with Crippen LogP contribution >= 0.6 is 21.6 Å². The van der Waals surface area contributed by atoms with Crippen LogP contribution in [0.5, 0.6) is 28.7 Å². The van der Waals surface area contributed by atoms with E-state index in [1.54, 1.807) is 30.3 Å². The van der Waals surface area contributed by atoms with Gasteiger partial charge in [0.1, 0.15) is 0 Å². The molecule has 0 spiro atoms. The van der Waals surface area contributed by atoms with Gasteiger partial charge in [-0.1, -0.05) is 34.1 Å². The van der Waals surface area contributed by atoms with Gasteiger partial charge in [-0.15, -0.1) is 0 Å². The van der Waals surface area contributed by atoms with Gasteiger partial charge in [-0.05, 0) is 43.0 Å². The van der Waals surface area contributed by atoms with Gasteiger partial charge in [0.25, 0.3) is 0 Å². The number of fused-ring (bicyclic) bond motifs is 1. The number of hydrogen-bond donors (Lipinski definition) is 2. The molecule has 0 radical (unpaired) electrons. The van der Waals surface area contributed by atoms with Crippen molar-refractivity contribution in [3.63, 3.8) is 0 Å². The zero-order chi connectivity index (χ0) is 24.6. The Morgan fingerprint density at radius 3 is 2.77 bits per heavy atom. The molecule has 0 aromatic heterocycles. The summed E-state index contributed by atoms with van der Waals surface area (Å²) in [6.45, 7) is 0.0557. The molecule has 2 heterocycles. The van der Waals surface area contributed by atoms with Crippen molar-refractivity contribution in [1.29, 1.82) is 0 Å². The number of nitrogens with one attached hydrogen (secondary N) is 1. The third-order valence-corrected chi connectivity index (χ3v) is 8.48. The molecule has 0 saturated carbocycles. The molecule has 2 N–H and O–H groups in total. The number of amides is 1. The maximum Gasteiger partial charge on any atom is 0.311 e. The number of carbonyl (C=O) groups excluding carboxylic acids is 2. The first kappa shape index (κ1) is 25.1. The highest BCUT2D eigenvalue weighted by Crippen LogP contribution is 2.42. The number of rotatable bonds is 10. The summed E-state index contributed by atoms with van der Waals surface area (Å²) in [6, 6.07) is 7.88. The number of anilines is 1. The van der Waals surface area contributed by atoms with Crippen molar-refractivity contribution >= 4 is 45.2 Å². The number of carbonyl (C=O) groups is 2. The second-order valence-electron chi connectivity index (χ2n) is 8.00. The van der Waals surface area contributed by atoms with E-state index in [0.29, 0.717) is 40.2 Å². The van der Waals surface area contributed by atoms with Crippen molar-refractivity contribution in [1.82, 2.24) is 0 Å². The summed E-state index contributed by atoms with van der Waals surface area (Å²) in [5, 5.41) is 13.1. The molecule has 2 aromatic rings. The van der Waals surface area contributed by atoms with Crippen molar-refractivity contribution < 1.29 is 33.6 Å². The maximum absolute atomic E-state index is 12.6. The van der Waals surface area contributed by atoms with Gasteiger partial charge in [0.05, 0.1) is 12.8 Å². The molecule has 1 unspecified atom stereocenters. The van der Waals surface area contributed by atoms with Crippen LogP contribution in [0.15, 0.2) is 36.4 Å². The Morgan fingerprint density at radius 2 is 2.00 bits per heavy atom. The van der Waals surface area contributed by atoms with Crippen LogP contribution in [0, 0.1) is 0 Å². The molecule has 10 heteroatoms. The van der Waals surface area contributed by atoms with E-state index >= 15 is 0 Å². The average molecular weight is 518 g/mol. The van der Waals surface area contributed by atoms with E-state index in [0.717, 1.165) is 19.3 Å². The second kappa shape index (κ2) is 12.1. The number of aromatic hydroxyl groups is 1. The van der Waals surface area contributed by atoms with Gasteiger partial charge >= 0.3 is 5.97 Å². The molecule has 1 saturated heterocycles. The van der Waals surface area contributed by atoms with Gasteiger partial charge < -0.3 is 29.4 Å². The zero-order valence-electron chi connectivity index (χ0n) is 19.3. The summed E-state index contributed by atoms with van der Waals surface area (Å²) in [5.74, 6) is 1.84. The minimum absolute atomic E-state index is 0.0114. The lowest BCUT2D eigenvalue weighted by molar-refractivity contribution is -0.134. The van der Waals surface area contributed by atoms with Gasteiger partial charge in [-0.2, -0.15) is 0 Å². The molecule has 1 atom stereocenters. The lowest BCUT2D eigenvalue weighted by atomic mass is 10.1. The largest absolute Gasteiger partial charge is 0.504 e. The second-order valence-corrected chi connectivity index (χ2v) is 10.8. The van der Waals surface area contributed by atoms with Crippen LogP contribution < -0.4 is 24.3 Å². The van der Waals surface area contributed by atoms with Crippen LogP contribution in [-0.2, 0) is 9.59 Å². The Bertz CT molecular complexity index is 1100. The lowest BCUT2D eigenvalue weighted by Crippen LogP contribution is -2.13. The van der Waals surface area contributed by atoms with Crippen molar-refractivity contribution in [3.8, 4) is 28.7 Å². The maximum atomic E-state index is 12.6. The van der Waals surface area contributed by atoms with Crippen LogP contribution in [0.25, 0.3) is 6.08 Å². The molecule has 2 aromatic carbocycles. The van der Waals surface area contributed by atoms with Crippen molar-refractivity contribution in [2.45, 2.75) is 37.4 Å². The molecule has 1 amide bonds. The fraction of sp³-hybridized carbons (Fsp3) is 0.360. The highest BCUT2D eigenvalue weighted by Gasteiger charge is 2.21. The first-order valence-electron chi connectivity index (χ1n) is 11.3. The molecule has 2 aliphatic rings. The van der Waals surface area contributed by atoms with Gasteiger partial charge in [-0.25, -0.2) is 0 Å². The lowest BCUT2D eigenvalue weighted by Gasteiger charge is -2.12. The normalized spacial score (nSPS) is 16.4. The third-order valence-electron chi connectivity index (χ3n) is 5.47. The molecule has 1 fully saturated rings. The van der Waals surface area contributed by atoms with Gasteiger partial charge in [0.2, 0.25) is 12.7 Å². The number of phenolic OH excluding ortho intramolecular Hbond substituents is 1. The van der Waals surface area contributed by atoms with Crippen LogP contribution in [0.1, 0.15) is 37.7 Å². The summed E-state index contributed by atoms with van der Waals surface area (Å²) in [6.07, 6.45) is 7.29. The Hall–Kier alpha value is -2.98. The van der Waals surface area contributed by atoms with Crippen LogP contribution in [-0.4, -0.2) is 41.9 Å². The minimum atomic E-state index is -0.430. The first-order chi connectivity index (χ1) is 17.0. The zero-order valence-corrected chi connectivity index (χ0v) is 20.9. The van der Waals surface area contributed by atoms with Crippen LogP contribution in [0.4, 0.5) is 5.69 Å². The summed E-state index contributed by atoms with van der Waals surface area (Å²) < 4.78 is 21.5. The highest BCUT2D eigenvalue weighted by molar-refractivity contribution is 8.77. The van der Waals surface area contributed by atoms with E-state index in [1.165, 1.54) is 31.4 Å². The fourth-order valence-corrected chi connectivity index (χ4v) is 6.66. The van der Waals surface area contributed by atoms with Gasteiger partial charge in [-0.3, -0.25) is 9.59 Å². The smallest absolute Gasteiger partial charge is 0.311 e. The molecular formula is C25H27NO7S2. The molecule has 8 nitrogen and oxygen atoms in total. The summed E-state index contributed by atoms with van der Waals surface area (Å²) in [5.41, 5.74) is 0.974. The Kier molecular flexibility index (Phi) is 8.70. The molecular weight excluding hydrogens is 490 g/mol. The molecule has 2 aliphatic heterocycles. The fourth-order valence-electron chi connectivity index (χ4n) is 3.63. The van der Waals surface area contributed by atoms with Crippen LogP contribution in [0.2, 0.25) is 0 Å². The molecule has 0 bridgehead atoms. The molecule has 4 rings (SSSR count). The number of ether oxygens (including phenoxy) is 4. The first-order valence-corrected chi connectivity index (χ1v) is 13.7. The number of methoxy groups -OCH3 is 1. The minimum Gasteiger partial charge on any atom is -0.504 e. The van der Waals surface area contributed by atoms with Crippen molar-refractivity contribution in [2.24, 2.45) is 0 Å². The number of benzene rings is 2.